The number of rotatable bonds is 7. The van der Waals surface area contributed by atoms with Gasteiger partial charge in [-0.2, -0.15) is 0 Å². The molecule has 2 rings (SSSR count). The highest BCUT2D eigenvalue weighted by Gasteiger charge is 2.14. The predicted octanol–water partition coefficient (Wildman–Crippen LogP) is 1.14. The molecule has 3 N–H and O–H groups in total. The standard InChI is InChI=1S/C18H21N3O3/c1-19-18(24)16-12-14(17(23)20-8-5-9-22)11-15(21-16)10-13-6-3-2-4-7-13/h2-4,6-7,11-12,22H,5,8-10H2,1H3,(H,19,24)(H,20,23). The Morgan fingerprint density at radius 2 is 1.88 bits per heavy atom. The summed E-state index contributed by atoms with van der Waals surface area (Å²) in [6.45, 7) is 0.389. The first-order chi connectivity index (χ1) is 11.6. The van der Waals surface area contributed by atoms with Crippen molar-refractivity contribution >= 4 is 11.8 Å². The number of aliphatic hydroxyl groups excluding tert-OH is 1. The molecule has 1 heterocycles. The van der Waals surface area contributed by atoms with Gasteiger partial charge in [0.05, 0.1) is 0 Å². The zero-order valence-corrected chi connectivity index (χ0v) is 13.6. The van der Waals surface area contributed by atoms with Crippen molar-refractivity contribution in [3.05, 3.63) is 65.0 Å². The Morgan fingerprint density at radius 3 is 2.54 bits per heavy atom. The van der Waals surface area contributed by atoms with Gasteiger partial charge in [0.1, 0.15) is 5.69 Å². The third-order valence-electron chi connectivity index (χ3n) is 3.45. The minimum atomic E-state index is -0.339. The van der Waals surface area contributed by atoms with Crippen LogP contribution in [0.4, 0.5) is 0 Å². The van der Waals surface area contributed by atoms with E-state index in [0.717, 1.165) is 5.56 Å². The van der Waals surface area contributed by atoms with Crippen molar-refractivity contribution in [1.82, 2.24) is 15.6 Å². The van der Waals surface area contributed by atoms with Gasteiger partial charge in [-0.05, 0) is 24.1 Å². The van der Waals surface area contributed by atoms with E-state index >= 15 is 0 Å². The summed E-state index contributed by atoms with van der Waals surface area (Å²) in [5.41, 5.74) is 2.28. The van der Waals surface area contributed by atoms with Gasteiger partial charge in [-0.15, -0.1) is 0 Å². The number of benzene rings is 1. The van der Waals surface area contributed by atoms with Crippen LogP contribution in [0.3, 0.4) is 0 Å². The second-order valence-corrected chi connectivity index (χ2v) is 5.31. The molecule has 24 heavy (non-hydrogen) atoms. The lowest BCUT2D eigenvalue weighted by atomic mass is 10.1. The molecule has 0 bridgehead atoms. The maximum absolute atomic E-state index is 12.2. The summed E-state index contributed by atoms with van der Waals surface area (Å²) < 4.78 is 0. The molecule has 0 saturated carbocycles. The SMILES string of the molecule is CNC(=O)c1cc(C(=O)NCCCO)cc(Cc2ccccc2)n1. The maximum Gasteiger partial charge on any atom is 0.269 e. The van der Waals surface area contributed by atoms with Crippen molar-refractivity contribution in [2.45, 2.75) is 12.8 Å². The Hall–Kier alpha value is -2.73. The first kappa shape index (κ1) is 17.6. The van der Waals surface area contributed by atoms with Crippen LogP contribution >= 0.6 is 0 Å². The molecule has 0 aliphatic heterocycles. The predicted molar refractivity (Wildman–Crippen MR) is 90.9 cm³/mol. The largest absolute Gasteiger partial charge is 0.396 e. The summed E-state index contributed by atoms with van der Waals surface area (Å²) in [5, 5.41) is 14.0. The van der Waals surface area contributed by atoms with Gasteiger partial charge < -0.3 is 15.7 Å². The summed E-state index contributed by atoms with van der Waals surface area (Å²) >= 11 is 0. The highest BCUT2D eigenvalue weighted by atomic mass is 16.3. The Bertz CT molecular complexity index is 702. The molecule has 2 amide bonds. The van der Waals surface area contributed by atoms with E-state index in [0.29, 0.717) is 30.6 Å². The molecular formula is C18H21N3O3. The van der Waals surface area contributed by atoms with E-state index < -0.39 is 0 Å². The van der Waals surface area contributed by atoms with Crippen molar-refractivity contribution in [2.24, 2.45) is 0 Å². The Kier molecular flexibility index (Phi) is 6.45. The minimum Gasteiger partial charge on any atom is -0.396 e. The zero-order valence-electron chi connectivity index (χ0n) is 13.6. The number of aliphatic hydroxyl groups is 1. The number of nitrogens with zero attached hydrogens (tertiary/aromatic N) is 1. The van der Waals surface area contributed by atoms with Crippen molar-refractivity contribution in [3.8, 4) is 0 Å². The molecule has 126 valence electrons. The maximum atomic E-state index is 12.2. The van der Waals surface area contributed by atoms with E-state index in [1.807, 2.05) is 30.3 Å². The van der Waals surface area contributed by atoms with Crippen molar-refractivity contribution in [2.75, 3.05) is 20.2 Å². The highest BCUT2D eigenvalue weighted by Crippen LogP contribution is 2.12. The molecule has 0 fully saturated rings. The molecule has 0 saturated heterocycles. The molecule has 6 heteroatoms. The molecule has 6 nitrogen and oxygen atoms in total. The van der Waals surface area contributed by atoms with Gasteiger partial charge in [-0.25, -0.2) is 4.98 Å². The molecule has 0 aliphatic carbocycles. The lowest BCUT2D eigenvalue weighted by Gasteiger charge is -2.09. The van der Waals surface area contributed by atoms with E-state index in [-0.39, 0.29) is 24.1 Å². The van der Waals surface area contributed by atoms with E-state index in [9.17, 15) is 9.59 Å². The number of carbonyl (C=O) groups excluding carboxylic acids is 2. The Morgan fingerprint density at radius 1 is 1.12 bits per heavy atom. The van der Waals surface area contributed by atoms with E-state index in [4.69, 9.17) is 5.11 Å². The minimum absolute atomic E-state index is 0.0133. The average molecular weight is 327 g/mol. The number of carbonyl (C=O) groups is 2. The fourth-order valence-electron chi connectivity index (χ4n) is 2.24. The van der Waals surface area contributed by atoms with Gasteiger partial charge in [0.15, 0.2) is 0 Å². The first-order valence-electron chi connectivity index (χ1n) is 7.80. The number of hydrogen-bond acceptors (Lipinski definition) is 4. The number of aromatic nitrogens is 1. The summed E-state index contributed by atoms with van der Waals surface area (Å²) in [6, 6.07) is 12.9. The molecule has 1 aromatic heterocycles. The topological polar surface area (TPSA) is 91.3 Å². The number of hydrogen-bond donors (Lipinski definition) is 3. The molecule has 0 unspecified atom stereocenters. The van der Waals surface area contributed by atoms with E-state index in [2.05, 4.69) is 15.6 Å². The van der Waals surface area contributed by atoms with Crippen molar-refractivity contribution < 1.29 is 14.7 Å². The number of amides is 2. The van der Waals surface area contributed by atoms with Crippen LogP contribution in [0.5, 0.6) is 0 Å². The van der Waals surface area contributed by atoms with Gasteiger partial charge in [0, 0.05) is 37.9 Å². The highest BCUT2D eigenvalue weighted by molar-refractivity contribution is 5.98. The normalized spacial score (nSPS) is 10.2. The third-order valence-corrected chi connectivity index (χ3v) is 3.45. The molecule has 0 radical (unpaired) electrons. The second-order valence-electron chi connectivity index (χ2n) is 5.31. The van der Waals surface area contributed by atoms with Crippen LogP contribution in [0.1, 0.15) is 38.5 Å². The van der Waals surface area contributed by atoms with Gasteiger partial charge >= 0.3 is 0 Å². The van der Waals surface area contributed by atoms with Crippen LogP contribution < -0.4 is 10.6 Å². The van der Waals surface area contributed by atoms with Gasteiger partial charge in [-0.1, -0.05) is 30.3 Å². The Labute approximate surface area is 140 Å². The fraction of sp³-hybridized carbons (Fsp3) is 0.278. The van der Waals surface area contributed by atoms with Gasteiger partial charge in [0.2, 0.25) is 0 Å². The second kappa shape index (κ2) is 8.79. The summed E-state index contributed by atoms with van der Waals surface area (Å²) in [6.07, 6.45) is 1.01. The van der Waals surface area contributed by atoms with E-state index in [1.54, 1.807) is 6.07 Å². The first-order valence-corrected chi connectivity index (χ1v) is 7.80. The summed E-state index contributed by atoms with van der Waals surface area (Å²) in [5.74, 6) is -0.625. The third kappa shape index (κ3) is 4.89. The van der Waals surface area contributed by atoms with Crippen LogP contribution in [0.2, 0.25) is 0 Å². The molecule has 0 aliphatic rings. The van der Waals surface area contributed by atoms with Crippen LogP contribution in [-0.4, -0.2) is 42.1 Å². The molecule has 0 atom stereocenters. The number of pyridine rings is 1. The quantitative estimate of drug-likeness (QED) is 0.665. The summed E-state index contributed by atoms with van der Waals surface area (Å²) in [7, 11) is 1.52. The lowest BCUT2D eigenvalue weighted by molar-refractivity contribution is 0.0951. The smallest absolute Gasteiger partial charge is 0.269 e. The van der Waals surface area contributed by atoms with Crippen LogP contribution in [0, 0.1) is 0 Å². The number of nitrogens with one attached hydrogen (secondary N) is 2. The van der Waals surface area contributed by atoms with Gasteiger partial charge in [-0.3, -0.25) is 9.59 Å². The molecule has 2 aromatic rings. The van der Waals surface area contributed by atoms with E-state index in [1.165, 1.54) is 13.1 Å². The van der Waals surface area contributed by atoms with Crippen LogP contribution in [0.15, 0.2) is 42.5 Å². The molecule has 1 aromatic carbocycles. The van der Waals surface area contributed by atoms with Gasteiger partial charge in [0.25, 0.3) is 11.8 Å². The van der Waals surface area contributed by atoms with Crippen LogP contribution in [0.25, 0.3) is 0 Å². The summed E-state index contributed by atoms with van der Waals surface area (Å²) in [4.78, 5) is 28.5. The van der Waals surface area contributed by atoms with Crippen LogP contribution in [-0.2, 0) is 6.42 Å². The van der Waals surface area contributed by atoms with Crippen molar-refractivity contribution in [3.63, 3.8) is 0 Å². The zero-order chi connectivity index (χ0) is 17.4. The average Bonchev–Trinajstić information content (AvgIpc) is 2.61. The molecular weight excluding hydrogens is 306 g/mol. The lowest BCUT2D eigenvalue weighted by Crippen LogP contribution is -2.26. The fourth-order valence-corrected chi connectivity index (χ4v) is 2.24. The molecule has 0 spiro atoms. The Balaban J connectivity index is 2.27. The monoisotopic (exact) mass is 327 g/mol. The van der Waals surface area contributed by atoms with Crippen molar-refractivity contribution in [1.29, 1.82) is 0 Å².